The Morgan fingerprint density at radius 2 is 2.06 bits per heavy atom. The highest BCUT2D eigenvalue weighted by molar-refractivity contribution is 9.10. The highest BCUT2D eigenvalue weighted by atomic mass is 79.9. The van der Waals surface area contributed by atoms with Crippen molar-refractivity contribution in [2.24, 2.45) is 0 Å². The molecule has 1 rings (SSSR count). The molecule has 0 saturated carbocycles. The van der Waals surface area contributed by atoms with Crippen molar-refractivity contribution >= 4 is 21.9 Å². The zero-order chi connectivity index (χ0) is 13.2. The van der Waals surface area contributed by atoms with Gasteiger partial charge in [0.15, 0.2) is 0 Å². The van der Waals surface area contributed by atoms with Crippen molar-refractivity contribution in [2.75, 3.05) is 0 Å². The van der Waals surface area contributed by atoms with Crippen LogP contribution in [0, 0.1) is 0 Å². The molecule has 0 spiro atoms. The van der Waals surface area contributed by atoms with Crippen LogP contribution in [0.15, 0.2) is 27.6 Å². The smallest absolute Gasteiger partial charge is 0.329 e. The molecule has 0 N–H and O–H groups in total. The molecule has 0 aliphatic rings. The minimum absolute atomic E-state index is 0.238. The van der Waals surface area contributed by atoms with Gasteiger partial charge in [0.1, 0.15) is 11.6 Å². The number of halogens is 1. The molecule has 5 heteroatoms. The second-order valence-electron chi connectivity index (χ2n) is 4.80. The second-order valence-corrected chi connectivity index (χ2v) is 5.72. The van der Waals surface area contributed by atoms with Gasteiger partial charge in [-0.2, -0.15) is 0 Å². The molecule has 0 unspecified atom stereocenters. The zero-order valence-electron chi connectivity index (χ0n) is 10.4. The van der Waals surface area contributed by atoms with Crippen LogP contribution < -0.4 is 5.56 Å². The first kappa shape index (κ1) is 14.0. The molecule has 0 radical (unpaired) electrons. The third-order valence-electron chi connectivity index (χ3n) is 2.08. The lowest BCUT2D eigenvalue weighted by Crippen LogP contribution is -2.33. The number of ether oxygens (including phenoxy) is 1. The quantitative estimate of drug-likeness (QED) is 0.789. The molecule has 94 valence electrons. The highest BCUT2D eigenvalue weighted by Gasteiger charge is 2.23. The predicted octanol–water partition coefficient (Wildman–Crippen LogP) is 2.51. The van der Waals surface area contributed by atoms with Gasteiger partial charge in [0.05, 0.1) is 0 Å². The van der Waals surface area contributed by atoms with Crippen LogP contribution in [0.3, 0.4) is 0 Å². The molecule has 0 bridgehead atoms. The van der Waals surface area contributed by atoms with Gasteiger partial charge < -0.3 is 9.30 Å². The summed E-state index contributed by atoms with van der Waals surface area (Å²) < 4.78 is 7.26. The third kappa shape index (κ3) is 4.00. The number of nitrogens with zero attached hydrogens (tertiary/aromatic N) is 1. The highest BCUT2D eigenvalue weighted by Crippen LogP contribution is 2.14. The number of rotatable bonds is 2. The zero-order valence-corrected chi connectivity index (χ0v) is 11.9. The lowest BCUT2D eigenvalue weighted by Gasteiger charge is -2.23. The van der Waals surface area contributed by atoms with E-state index in [1.807, 2.05) is 0 Å². The summed E-state index contributed by atoms with van der Waals surface area (Å²) in [4.78, 5) is 23.5. The van der Waals surface area contributed by atoms with Crippen LogP contribution in [0.25, 0.3) is 0 Å². The topological polar surface area (TPSA) is 48.3 Å². The summed E-state index contributed by atoms with van der Waals surface area (Å²) in [6.45, 7) is 7.02. The molecule has 0 aromatic carbocycles. The minimum atomic E-state index is -0.630. The lowest BCUT2D eigenvalue weighted by molar-refractivity contribution is -0.158. The minimum Gasteiger partial charge on any atom is -0.458 e. The first-order valence-corrected chi connectivity index (χ1v) is 6.10. The molecule has 1 atom stereocenters. The standard InChI is InChI=1S/C12H16BrNO3/c1-8(11(16)17-12(2,3)4)14-6-5-9(13)7-10(14)15/h5-8H,1-4H3/t8-/m0/s1. The van der Waals surface area contributed by atoms with Gasteiger partial charge in [-0.3, -0.25) is 4.79 Å². The van der Waals surface area contributed by atoms with E-state index in [0.29, 0.717) is 4.47 Å². The number of hydrogen-bond acceptors (Lipinski definition) is 3. The van der Waals surface area contributed by atoms with Gasteiger partial charge in [-0.1, -0.05) is 15.9 Å². The van der Waals surface area contributed by atoms with Gasteiger partial charge >= 0.3 is 5.97 Å². The summed E-state index contributed by atoms with van der Waals surface area (Å²) in [6, 6.07) is 2.50. The fraction of sp³-hybridized carbons (Fsp3) is 0.500. The molecule has 1 aromatic heterocycles. The first-order chi connectivity index (χ1) is 7.70. The van der Waals surface area contributed by atoms with Crippen molar-refractivity contribution < 1.29 is 9.53 Å². The molecule has 0 saturated heterocycles. The van der Waals surface area contributed by atoms with Crippen molar-refractivity contribution in [3.05, 3.63) is 33.2 Å². The monoisotopic (exact) mass is 301 g/mol. The lowest BCUT2D eigenvalue weighted by atomic mass is 10.2. The molecule has 0 fully saturated rings. The van der Waals surface area contributed by atoms with Crippen LogP contribution in [-0.4, -0.2) is 16.1 Å². The van der Waals surface area contributed by atoms with Crippen molar-refractivity contribution in [2.45, 2.75) is 39.3 Å². The number of aromatic nitrogens is 1. The summed E-state index contributed by atoms with van der Waals surface area (Å²) in [5, 5.41) is 0. The van der Waals surface area contributed by atoms with E-state index in [0.717, 1.165) is 0 Å². The summed E-state index contributed by atoms with van der Waals surface area (Å²) >= 11 is 3.20. The van der Waals surface area contributed by atoms with Crippen molar-refractivity contribution in [1.29, 1.82) is 0 Å². The number of hydrogen-bond donors (Lipinski definition) is 0. The van der Waals surface area contributed by atoms with Crippen molar-refractivity contribution in [3.8, 4) is 0 Å². The maximum atomic E-state index is 11.8. The van der Waals surface area contributed by atoms with Gasteiger partial charge in [-0.15, -0.1) is 0 Å². The first-order valence-electron chi connectivity index (χ1n) is 5.31. The van der Waals surface area contributed by atoms with Crippen LogP contribution in [-0.2, 0) is 9.53 Å². The van der Waals surface area contributed by atoms with E-state index in [1.54, 1.807) is 40.0 Å². The van der Waals surface area contributed by atoms with Gasteiger partial charge in [0.25, 0.3) is 5.56 Å². The van der Waals surface area contributed by atoms with E-state index < -0.39 is 17.6 Å². The SMILES string of the molecule is C[C@@H](C(=O)OC(C)(C)C)n1ccc(Br)cc1=O. The van der Waals surface area contributed by atoms with Crippen LogP contribution in [0.1, 0.15) is 33.7 Å². The fourth-order valence-electron chi connectivity index (χ4n) is 1.29. The summed E-state index contributed by atoms with van der Waals surface area (Å²) in [5.74, 6) is -0.415. The van der Waals surface area contributed by atoms with Crippen LogP contribution in [0.5, 0.6) is 0 Å². The Kier molecular flexibility index (Phi) is 4.14. The number of pyridine rings is 1. The Balaban J connectivity index is 2.93. The molecule has 17 heavy (non-hydrogen) atoms. The van der Waals surface area contributed by atoms with E-state index in [2.05, 4.69) is 15.9 Å². The Morgan fingerprint density at radius 1 is 1.47 bits per heavy atom. The van der Waals surface area contributed by atoms with E-state index in [1.165, 1.54) is 10.6 Å². The Morgan fingerprint density at radius 3 is 2.53 bits per heavy atom. The van der Waals surface area contributed by atoms with Crippen LogP contribution in [0.4, 0.5) is 0 Å². The van der Waals surface area contributed by atoms with E-state index >= 15 is 0 Å². The van der Waals surface area contributed by atoms with Crippen molar-refractivity contribution in [1.82, 2.24) is 4.57 Å². The summed E-state index contributed by atoms with van der Waals surface area (Å²) in [5.41, 5.74) is -0.789. The van der Waals surface area contributed by atoms with Crippen LogP contribution >= 0.6 is 15.9 Å². The van der Waals surface area contributed by atoms with E-state index in [9.17, 15) is 9.59 Å². The number of esters is 1. The Bertz CT molecular complexity index is 473. The Hall–Kier alpha value is -1.10. The van der Waals surface area contributed by atoms with Gasteiger partial charge in [-0.25, -0.2) is 4.79 Å². The predicted molar refractivity (Wildman–Crippen MR) is 69.0 cm³/mol. The summed E-state index contributed by atoms with van der Waals surface area (Å²) in [6.07, 6.45) is 1.57. The molecular weight excluding hydrogens is 286 g/mol. The number of carbonyl (C=O) groups excluding carboxylic acids is 1. The molecule has 4 nitrogen and oxygen atoms in total. The van der Waals surface area contributed by atoms with E-state index in [-0.39, 0.29) is 5.56 Å². The fourth-order valence-corrected chi connectivity index (χ4v) is 1.60. The Labute approximate surface area is 109 Å². The van der Waals surface area contributed by atoms with E-state index in [4.69, 9.17) is 4.74 Å². The molecular formula is C12H16BrNO3. The second kappa shape index (κ2) is 5.04. The number of carbonyl (C=O) groups is 1. The molecule has 0 aliphatic heterocycles. The normalized spacial score (nSPS) is 13.2. The maximum absolute atomic E-state index is 11.8. The van der Waals surface area contributed by atoms with Gasteiger partial charge in [0.2, 0.25) is 0 Å². The molecule has 1 aromatic rings. The summed E-state index contributed by atoms with van der Waals surface area (Å²) in [7, 11) is 0. The van der Waals surface area contributed by atoms with Crippen LogP contribution in [0.2, 0.25) is 0 Å². The van der Waals surface area contributed by atoms with Gasteiger partial charge in [0, 0.05) is 16.7 Å². The molecule has 0 aliphatic carbocycles. The maximum Gasteiger partial charge on any atom is 0.329 e. The average Bonchev–Trinajstić information content (AvgIpc) is 2.14. The third-order valence-corrected chi connectivity index (χ3v) is 2.57. The molecule has 1 heterocycles. The largest absolute Gasteiger partial charge is 0.458 e. The molecule has 0 amide bonds. The van der Waals surface area contributed by atoms with Gasteiger partial charge in [-0.05, 0) is 33.8 Å². The van der Waals surface area contributed by atoms with Crippen molar-refractivity contribution in [3.63, 3.8) is 0 Å². The average molecular weight is 302 g/mol.